The molecule has 4 rings (SSSR count). The molecule has 4 heterocycles. The third-order valence-electron chi connectivity index (χ3n) is 2.63. The molecule has 122 valence electrons. The van der Waals surface area contributed by atoms with Gasteiger partial charge in [-0.2, -0.15) is 9.97 Å². The van der Waals surface area contributed by atoms with Gasteiger partial charge in [-0.1, -0.05) is 0 Å². The topological polar surface area (TPSA) is 201 Å². The molecule has 0 unspecified atom stereocenters. The first-order valence-corrected chi connectivity index (χ1v) is 5.92. The number of nitrogens with zero attached hydrogens (tertiary/aromatic N) is 4. The van der Waals surface area contributed by atoms with Crippen molar-refractivity contribution >= 4 is 34.2 Å². The Hall–Kier alpha value is -3.01. The maximum absolute atomic E-state index is 11.0. The maximum atomic E-state index is 11.0. The Morgan fingerprint density at radius 2 is 1.17 bits per heavy atom. The van der Waals surface area contributed by atoms with E-state index in [-0.39, 0.29) is 44.1 Å². The van der Waals surface area contributed by atoms with E-state index in [0.717, 1.165) is 0 Å². The van der Waals surface area contributed by atoms with Crippen LogP contribution in [-0.4, -0.2) is 39.9 Å². The molecule has 0 fully saturated rings. The molecular weight excluding hydrogens is 487 g/mol. The Morgan fingerprint density at radius 3 is 1.57 bits per heavy atom. The van der Waals surface area contributed by atoms with Gasteiger partial charge in [0.05, 0.1) is 12.7 Å². The Kier molecular flexibility index (Phi) is 4.55. The molecule has 8 N–H and O–H groups in total. The first kappa shape index (κ1) is 16.4. The average molecular weight is 497 g/mol. The van der Waals surface area contributed by atoms with Crippen LogP contribution in [0.5, 0.6) is 0 Å². The summed E-state index contributed by atoms with van der Waals surface area (Å²) < 4.78 is 0. The van der Waals surface area contributed by atoms with Crippen molar-refractivity contribution in [2.24, 2.45) is 0 Å². The van der Waals surface area contributed by atoms with Crippen LogP contribution in [0.4, 0.5) is 11.9 Å². The molecule has 0 bridgehead atoms. The Bertz CT molecular complexity index is 975. The van der Waals surface area contributed by atoms with Crippen LogP contribution < -0.4 is 22.6 Å². The standard InChI is InChI=1S/2C5H5N5O.Pt/c2*6-5-9-3-2(4(11)10-5)7-1-8-3;/h2*1H,(H4,6,7,8,9,10,11);. The van der Waals surface area contributed by atoms with E-state index in [2.05, 4.69) is 39.9 Å². The molecule has 0 spiro atoms. The number of imidazole rings is 2. The van der Waals surface area contributed by atoms with Gasteiger partial charge in [-0.25, -0.2) is 9.97 Å². The number of hydrogen-bond donors (Lipinski definition) is 6. The van der Waals surface area contributed by atoms with Crippen molar-refractivity contribution in [1.82, 2.24) is 39.9 Å². The number of aromatic nitrogens is 8. The van der Waals surface area contributed by atoms with Crippen molar-refractivity contribution in [2.75, 3.05) is 11.5 Å². The first-order valence-electron chi connectivity index (χ1n) is 5.92. The normalized spacial score (nSPS) is 10.1. The van der Waals surface area contributed by atoms with Crippen LogP contribution in [-0.2, 0) is 21.1 Å². The molecule has 0 atom stereocenters. The van der Waals surface area contributed by atoms with Crippen LogP contribution in [0.25, 0.3) is 22.3 Å². The summed E-state index contributed by atoms with van der Waals surface area (Å²) in [5.41, 5.74) is 11.3. The molecule has 0 aliphatic rings. The van der Waals surface area contributed by atoms with Gasteiger partial charge in [0.1, 0.15) is 0 Å². The molecule has 0 amide bonds. The number of nitrogens with one attached hydrogen (secondary N) is 4. The van der Waals surface area contributed by atoms with E-state index in [9.17, 15) is 9.59 Å². The Balaban J connectivity index is 0.000000160. The predicted molar refractivity (Wildman–Crippen MR) is 77.8 cm³/mol. The smallest absolute Gasteiger partial charge is 0.278 e. The van der Waals surface area contributed by atoms with Crippen molar-refractivity contribution < 1.29 is 21.1 Å². The number of aromatic amines is 4. The van der Waals surface area contributed by atoms with E-state index in [1.165, 1.54) is 12.7 Å². The molecule has 0 aromatic carbocycles. The van der Waals surface area contributed by atoms with E-state index >= 15 is 0 Å². The first-order chi connectivity index (χ1) is 10.5. The minimum Gasteiger partial charge on any atom is -0.369 e. The largest absolute Gasteiger partial charge is 0.369 e. The second-order valence-corrected chi connectivity index (χ2v) is 4.10. The van der Waals surface area contributed by atoms with E-state index in [0.29, 0.717) is 22.3 Å². The zero-order valence-electron chi connectivity index (χ0n) is 11.2. The summed E-state index contributed by atoms with van der Waals surface area (Å²) in [6.07, 6.45) is 2.79. The number of rotatable bonds is 0. The van der Waals surface area contributed by atoms with Crippen molar-refractivity contribution in [3.8, 4) is 0 Å². The zero-order chi connectivity index (χ0) is 15.7. The van der Waals surface area contributed by atoms with Crippen LogP contribution in [0.15, 0.2) is 22.2 Å². The minimum atomic E-state index is -0.301. The summed E-state index contributed by atoms with van der Waals surface area (Å²) in [6, 6.07) is 0. The quantitative estimate of drug-likeness (QED) is 0.168. The van der Waals surface area contributed by atoms with Crippen molar-refractivity contribution in [3.05, 3.63) is 33.4 Å². The molecule has 13 heteroatoms. The number of hydrogen-bond acceptors (Lipinski definition) is 8. The molecule has 0 aliphatic heterocycles. The van der Waals surface area contributed by atoms with Crippen LogP contribution in [0, 0.1) is 0 Å². The molecule has 0 aliphatic carbocycles. The monoisotopic (exact) mass is 497 g/mol. The van der Waals surface area contributed by atoms with Gasteiger partial charge in [-0.15, -0.1) is 0 Å². The second-order valence-electron chi connectivity index (χ2n) is 4.10. The number of nitrogen functional groups attached to an aromatic ring is 2. The summed E-state index contributed by atoms with van der Waals surface area (Å²) in [4.78, 5) is 47.1. The molecular formula is C10H10N10O2Pt. The SMILES string of the molecule is Nc1nc2nc[nH]c2c(=O)[nH]1.Nc1nc2nc[nH]c2c(=O)[nH]1.[Pt]. The Labute approximate surface area is 140 Å². The van der Waals surface area contributed by atoms with Gasteiger partial charge in [0.25, 0.3) is 11.1 Å². The summed E-state index contributed by atoms with van der Waals surface area (Å²) in [5.74, 6) is 0.157. The molecule has 12 nitrogen and oxygen atoms in total. The van der Waals surface area contributed by atoms with Crippen LogP contribution in [0.3, 0.4) is 0 Å². The van der Waals surface area contributed by atoms with Gasteiger partial charge < -0.3 is 21.4 Å². The van der Waals surface area contributed by atoms with E-state index in [1.807, 2.05) is 0 Å². The molecule has 4 aromatic rings. The van der Waals surface area contributed by atoms with Gasteiger partial charge >= 0.3 is 0 Å². The summed E-state index contributed by atoms with van der Waals surface area (Å²) >= 11 is 0. The molecule has 23 heavy (non-hydrogen) atoms. The summed E-state index contributed by atoms with van der Waals surface area (Å²) in [6.45, 7) is 0. The van der Waals surface area contributed by atoms with Crippen LogP contribution in [0.1, 0.15) is 0 Å². The van der Waals surface area contributed by atoms with Gasteiger partial charge in [0, 0.05) is 21.1 Å². The van der Waals surface area contributed by atoms with Gasteiger partial charge in [-0.3, -0.25) is 19.6 Å². The molecule has 0 saturated carbocycles. The van der Waals surface area contributed by atoms with Crippen molar-refractivity contribution in [3.63, 3.8) is 0 Å². The fourth-order valence-electron chi connectivity index (χ4n) is 1.72. The fourth-order valence-corrected chi connectivity index (χ4v) is 1.72. The number of H-pyrrole nitrogens is 4. The number of fused-ring (bicyclic) bond motifs is 2. The summed E-state index contributed by atoms with van der Waals surface area (Å²) in [5, 5.41) is 0. The van der Waals surface area contributed by atoms with Crippen molar-refractivity contribution in [2.45, 2.75) is 0 Å². The van der Waals surface area contributed by atoms with Crippen molar-refractivity contribution in [1.29, 1.82) is 0 Å². The molecule has 0 radical (unpaired) electrons. The predicted octanol–water partition coefficient (Wildman–Crippen LogP) is -1.55. The van der Waals surface area contributed by atoms with Gasteiger partial charge in [0.2, 0.25) is 11.9 Å². The third kappa shape index (κ3) is 3.26. The van der Waals surface area contributed by atoms with E-state index in [4.69, 9.17) is 11.5 Å². The molecule has 0 saturated heterocycles. The minimum absolute atomic E-state index is 0. The van der Waals surface area contributed by atoms with Crippen LogP contribution >= 0.6 is 0 Å². The van der Waals surface area contributed by atoms with Crippen LogP contribution in [0.2, 0.25) is 0 Å². The van der Waals surface area contributed by atoms with E-state index < -0.39 is 0 Å². The van der Waals surface area contributed by atoms with Gasteiger partial charge in [-0.05, 0) is 0 Å². The Morgan fingerprint density at radius 1 is 0.783 bits per heavy atom. The second kappa shape index (κ2) is 6.40. The average Bonchev–Trinajstić information content (AvgIpc) is 3.07. The zero-order valence-corrected chi connectivity index (χ0v) is 13.5. The summed E-state index contributed by atoms with van der Waals surface area (Å²) in [7, 11) is 0. The van der Waals surface area contributed by atoms with E-state index in [1.54, 1.807) is 0 Å². The third-order valence-corrected chi connectivity index (χ3v) is 2.63. The fraction of sp³-hybridized carbons (Fsp3) is 0. The molecule has 4 aromatic heterocycles. The number of nitrogens with two attached hydrogens (primary N) is 2. The van der Waals surface area contributed by atoms with Gasteiger partial charge in [0.15, 0.2) is 22.3 Å². The maximum Gasteiger partial charge on any atom is 0.278 e. The number of anilines is 2.